The smallest absolute Gasteiger partial charge is 0.448 e. The van der Waals surface area contributed by atoms with Gasteiger partial charge in [-0.3, -0.25) is 14.5 Å². The van der Waals surface area contributed by atoms with Gasteiger partial charge in [-0.15, -0.1) is 0 Å². The number of halogens is 6. The molecule has 7 N–H and O–H groups in total. The Morgan fingerprint density at radius 1 is 0.709 bits per heavy atom. The zero-order chi connectivity index (χ0) is 41.3. The maximum absolute atomic E-state index is 14.0. The average Bonchev–Trinajstić information content (AvgIpc) is 3.31. The summed E-state index contributed by atoms with van der Waals surface area (Å²) in [6.07, 6.45) is -8.19. The minimum atomic E-state index is -5.22. The maximum Gasteiger partial charge on any atom is 0.448 e. The first-order valence-corrected chi connectivity index (χ1v) is 18.9. The fourth-order valence-corrected chi connectivity index (χ4v) is 9.39. The molecule has 0 aromatic heterocycles. The van der Waals surface area contributed by atoms with Gasteiger partial charge < -0.3 is 45.6 Å². The summed E-state index contributed by atoms with van der Waals surface area (Å²) in [5.41, 5.74) is -4.90. The molecule has 0 spiro atoms. The van der Waals surface area contributed by atoms with E-state index in [2.05, 4.69) is 10.6 Å². The van der Waals surface area contributed by atoms with E-state index in [1.165, 1.54) is 14.0 Å². The number of allylic oxidation sites excluding steroid dienone is 2. The number of rotatable bonds is 10. The molecular weight excluding hydrogens is 744 g/mol. The summed E-state index contributed by atoms with van der Waals surface area (Å²) in [4.78, 5) is 27.1. The first kappa shape index (κ1) is 45.1. The molecule has 2 aliphatic heterocycles. The van der Waals surface area contributed by atoms with Crippen molar-refractivity contribution in [2.24, 2.45) is 35.5 Å². The number of alkyl halides is 6. The van der Waals surface area contributed by atoms with Crippen molar-refractivity contribution in [1.29, 1.82) is 0 Å². The highest BCUT2D eigenvalue weighted by Crippen LogP contribution is 2.52. The molecule has 1 unspecified atom stereocenters. The van der Waals surface area contributed by atoms with E-state index >= 15 is 0 Å². The van der Waals surface area contributed by atoms with Gasteiger partial charge in [-0.2, -0.15) is 26.3 Å². The standard InChI is InChI=1S/C37H57F6N3O9/c1-20-6-9-27(34(52)18-54-22(3)8-11-25(20)34)23(31(49)36(38,39)40)14-44-29(47)16-46(5)17-30(48)45-15-24(32(50)37(41,42)43)28-10-7-21(2)26-12-13-33(4,51)55-19-35(26,28)53/h20-22,25-28,49-53H,6-19H2,1-5H3,(H,44,47)(H,45,48)/b31-23-,32-24-/t20-,21-,22+,25+,26+,27+,28+,33?,34-,35-/m1/s1. The second-order valence-electron chi connectivity index (χ2n) is 16.6. The Hall–Kier alpha value is -2.64. The molecule has 55 heavy (non-hydrogen) atoms. The number of nitrogens with one attached hydrogen (secondary N) is 2. The molecule has 4 fully saturated rings. The van der Waals surface area contributed by atoms with Crippen LogP contribution in [0.2, 0.25) is 0 Å². The number of nitrogens with zero attached hydrogens (tertiary/aromatic N) is 1. The molecule has 4 aliphatic rings. The van der Waals surface area contributed by atoms with Gasteiger partial charge >= 0.3 is 12.4 Å². The zero-order valence-electron chi connectivity index (χ0n) is 32.0. The number of fused-ring (bicyclic) bond motifs is 2. The third kappa shape index (κ3) is 10.5. The number of aliphatic hydroxyl groups is 5. The average molecular weight is 802 g/mol. The van der Waals surface area contributed by atoms with Gasteiger partial charge in [-0.1, -0.05) is 13.8 Å². The number of carbonyl (C=O) groups excluding carboxylic acids is 2. The molecule has 2 heterocycles. The lowest BCUT2D eigenvalue weighted by Crippen LogP contribution is -2.55. The number of aliphatic hydroxyl groups excluding tert-OH is 2. The molecule has 2 saturated heterocycles. The fourth-order valence-electron chi connectivity index (χ4n) is 9.39. The van der Waals surface area contributed by atoms with Crippen LogP contribution in [0.5, 0.6) is 0 Å². The van der Waals surface area contributed by atoms with Crippen molar-refractivity contribution in [2.45, 2.75) is 115 Å². The highest BCUT2D eigenvalue weighted by atomic mass is 19.4. The number of carbonyl (C=O) groups is 2. The third-order valence-corrected chi connectivity index (χ3v) is 12.5. The van der Waals surface area contributed by atoms with E-state index in [0.717, 1.165) is 4.90 Å². The van der Waals surface area contributed by atoms with E-state index in [-0.39, 0.29) is 50.2 Å². The Bertz CT molecular complexity index is 1460. The van der Waals surface area contributed by atoms with E-state index < -0.39 is 120 Å². The molecule has 0 bridgehead atoms. The van der Waals surface area contributed by atoms with E-state index in [9.17, 15) is 61.5 Å². The zero-order valence-corrected chi connectivity index (χ0v) is 32.0. The van der Waals surface area contributed by atoms with Crippen LogP contribution in [0.15, 0.2) is 22.7 Å². The molecular formula is C37H57F6N3O9. The van der Waals surface area contributed by atoms with Crippen LogP contribution >= 0.6 is 0 Å². The van der Waals surface area contributed by atoms with E-state index in [1.54, 1.807) is 6.92 Å². The molecule has 0 aromatic carbocycles. The summed E-state index contributed by atoms with van der Waals surface area (Å²) < 4.78 is 94.9. The molecule has 4 rings (SSSR count). The van der Waals surface area contributed by atoms with Crippen LogP contribution in [0.25, 0.3) is 0 Å². The first-order chi connectivity index (χ1) is 25.3. The molecule has 18 heteroatoms. The van der Waals surface area contributed by atoms with Gasteiger partial charge in [0.25, 0.3) is 0 Å². The molecule has 2 amide bonds. The predicted octanol–water partition coefficient (Wildman–Crippen LogP) is 4.40. The summed E-state index contributed by atoms with van der Waals surface area (Å²) in [5, 5.41) is 59.7. The molecule has 0 radical (unpaired) electrons. The highest BCUT2D eigenvalue weighted by Gasteiger charge is 2.56. The van der Waals surface area contributed by atoms with E-state index in [0.29, 0.717) is 25.7 Å². The van der Waals surface area contributed by atoms with Crippen LogP contribution in [0.4, 0.5) is 26.3 Å². The first-order valence-electron chi connectivity index (χ1n) is 18.9. The normalized spacial score (nSPS) is 37.0. The van der Waals surface area contributed by atoms with Crippen molar-refractivity contribution in [3.63, 3.8) is 0 Å². The van der Waals surface area contributed by atoms with Crippen LogP contribution in [0, 0.1) is 35.5 Å². The fraction of sp³-hybridized carbons (Fsp3) is 0.838. The Balaban J connectivity index is 1.43. The van der Waals surface area contributed by atoms with Crippen LogP contribution < -0.4 is 10.6 Å². The van der Waals surface area contributed by atoms with Gasteiger partial charge in [-0.05, 0) is 89.5 Å². The van der Waals surface area contributed by atoms with Crippen LogP contribution in [0.3, 0.4) is 0 Å². The van der Waals surface area contributed by atoms with E-state index in [1.807, 2.05) is 13.8 Å². The molecule has 2 aliphatic carbocycles. The quantitative estimate of drug-likeness (QED) is 0.124. The molecule has 10 atom stereocenters. The largest absolute Gasteiger partial charge is 0.504 e. The van der Waals surface area contributed by atoms with E-state index in [4.69, 9.17) is 9.47 Å². The van der Waals surface area contributed by atoms with Crippen molar-refractivity contribution in [3.8, 4) is 0 Å². The molecule has 2 saturated carbocycles. The summed E-state index contributed by atoms with van der Waals surface area (Å²) in [5.74, 6) is -10.9. The van der Waals surface area contributed by atoms with Crippen molar-refractivity contribution in [2.75, 3.05) is 46.4 Å². The second-order valence-corrected chi connectivity index (χ2v) is 16.6. The van der Waals surface area contributed by atoms with Crippen LogP contribution in [0.1, 0.15) is 79.1 Å². The number of amides is 2. The van der Waals surface area contributed by atoms with Gasteiger partial charge in [0.1, 0.15) is 0 Å². The lowest BCUT2D eigenvalue weighted by Gasteiger charge is -2.49. The molecule has 12 nitrogen and oxygen atoms in total. The lowest BCUT2D eigenvalue weighted by molar-refractivity contribution is -0.223. The van der Waals surface area contributed by atoms with Gasteiger partial charge in [0.15, 0.2) is 17.3 Å². The Labute approximate surface area is 317 Å². The predicted molar refractivity (Wildman–Crippen MR) is 186 cm³/mol. The van der Waals surface area contributed by atoms with Gasteiger partial charge in [0, 0.05) is 42.5 Å². The number of hydrogen-bond acceptors (Lipinski definition) is 10. The van der Waals surface area contributed by atoms with Crippen molar-refractivity contribution >= 4 is 11.8 Å². The van der Waals surface area contributed by atoms with Crippen LogP contribution in [-0.4, -0.2) is 124 Å². The van der Waals surface area contributed by atoms with Crippen molar-refractivity contribution in [3.05, 3.63) is 22.7 Å². The summed E-state index contributed by atoms with van der Waals surface area (Å²) in [7, 11) is 1.32. The van der Waals surface area contributed by atoms with Crippen molar-refractivity contribution in [1.82, 2.24) is 15.5 Å². The number of ether oxygens (including phenoxy) is 2. The Morgan fingerprint density at radius 2 is 1.15 bits per heavy atom. The molecule has 316 valence electrons. The summed E-state index contributed by atoms with van der Waals surface area (Å²) in [6, 6.07) is 0. The second kappa shape index (κ2) is 17.1. The molecule has 0 aromatic rings. The monoisotopic (exact) mass is 801 g/mol. The maximum atomic E-state index is 14.0. The highest BCUT2D eigenvalue weighted by molar-refractivity contribution is 5.81. The summed E-state index contributed by atoms with van der Waals surface area (Å²) >= 11 is 0. The van der Waals surface area contributed by atoms with Crippen LogP contribution in [-0.2, 0) is 19.1 Å². The Morgan fingerprint density at radius 3 is 1.60 bits per heavy atom. The number of likely N-dealkylation sites (N-methyl/N-ethyl adjacent to an activating group) is 1. The minimum absolute atomic E-state index is 0.0233. The van der Waals surface area contributed by atoms with Gasteiger partial charge in [-0.25, -0.2) is 0 Å². The SMILES string of the molecule is C[C@@H]1CC[C@@H](/C(CNC(=O)CN(C)CC(=O)NC/C(=C(/O)C(F)(F)F)[C@@H]2CC[C@@H](C)[C@@H]3CCC(C)(O)OC[C@]23O)=C(\O)C(F)(F)F)[C@@]2(O)CO[C@@H](C)CC[C@@H]12. The van der Waals surface area contributed by atoms with Crippen molar-refractivity contribution < 1.29 is 70.9 Å². The lowest BCUT2D eigenvalue weighted by atomic mass is 9.60. The van der Waals surface area contributed by atoms with Gasteiger partial charge in [0.2, 0.25) is 11.8 Å². The number of hydrogen-bond donors (Lipinski definition) is 7. The minimum Gasteiger partial charge on any atom is -0.504 e. The van der Waals surface area contributed by atoms with Gasteiger partial charge in [0.05, 0.1) is 43.6 Å². The summed E-state index contributed by atoms with van der Waals surface area (Å²) in [6.45, 7) is 3.51. The third-order valence-electron chi connectivity index (χ3n) is 12.5. The Kier molecular flexibility index (Phi) is 14.0. The topological polar surface area (TPSA) is 181 Å².